The molecule has 1 rings (SSSR count). The summed E-state index contributed by atoms with van der Waals surface area (Å²) in [5.74, 6) is -0.0177. The van der Waals surface area contributed by atoms with Crippen LogP contribution in [0.1, 0.15) is 19.8 Å². The number of hydrogen-bond acceptors (Lipinski definition) is 4. The number of methoxy groups -OCH3 is 1. The number of carbonyl (C=O) groups excluding carboxylic acids is 1. The number of hydrogen-bond donors (Lipinski definition) is 2. The van der Waals surface area contributed by atoms with E-state index >= 15 is 0 Å². The van der Waals surface area contributed by atoms with E-state index in [1.54, 1.807) is 38.3 Å². The van der Waals surface area contributed by atoms with Gasteiger partial charge in [-0.3, -0.25) is 4.79 Å². The average Bonchev–Trinajstić information content (AvgIpc) is 2.45. The second-order valence-corrected chi connectivity index (χ2v) is 4.14. The molecule has 1 amide bonds. The molecule has 0 unspecified atom stereocenters. The first-order chi connectivity index (χ1) is 9.56. The molecular formula is C14H19NO5. The third-order valence-corrected chi connectivity index (χ3v) is 2.70. The summed E-state index contributed by atoms with van der Waals surface area (Å²) >= 11 is 0. The first-order valence-corrected chi connectivity index (χ1v) is 6.35. The molecule has 0 spiro atoms. The molecule has 0 bridgehead atoms. The lowest BCUT2D eigenvalue weighted by molar-refractivity contribution is -0.142. The van der Waals surface area contributed by atoms with Gasteiger partial charge in [0.25, 0.3) is 0 Å². The van der Waals surface area contributed by atoms with E-state index in [2.05, 4.69) is 5.32 Å². The van der Waals surface area contributed by atoms with Gasteiger partial charge in [0, 0.05) is 0 Å². The summed E-state index contributed by atoms with van der Waals surface area (Å²) in [5.41, 5.74) is 0. The van der Waals surface area contributed by atoms with Gasteiger partial charge in [0.2, 0.25) is 5.91 Å². The van der Waals surface area contributed by atoms with E-state index in [1.807, 2.05) is 0 Å². The molecule has 2 N–H and O–H groups in total. The SMILES string of the molecule is CC[C@@H](NC(=O)CCOc1ccc(OC)cc1)C(=O)O. The Bertz CT molecular complexity index is 443. The molecular weight excluding hydrogens is 262 g/mol. The van der Waals surface area contributed by atoms with Crippen LogP contribution in [0.5, 0.6) is 11.5 Å². The molecule has 0 aliphatic heterocycles. The third-order valence-electron chi connectivity index (χ3n) is 2.70. The number of nitrogens with one attached hydrogen (secondary N) is 1. The summed E-state index contributed by atoms with van der Waals surface area (Å²) in [6.07, 6.45) is 0.455. The fourth-order valence-electron chi connectivity index (χ4n) is 1.54. The van der Waals surface area contributed by atoms with Crippen molar-refractivity contribution in [2.45, 2.75) is 25.8 Å². The molecule has 1 aromatic rings. The number of rotatable bonds is 8. The third kappa shape index (κ3) is 5.17. The molecule has 110 valence electrons. The van der Waals surface area contributed by atoms with E-state index in [0.717, 1.165) is 5.75 Å². The van der Waals surface area contributed by atoms with Gasteiger partial charge < -0.3 is 19.9 Å². The Kier molecular flexibility index (Phi) is 6.36. The molecule has 6 heteroatoms. The van der Waals surface area contributed by atoms with Crippen molar-refractivity contribution < 1.29 is 24.2 Å². The van der Waals surface area contributed by atoms with E-state index in [1.165, 1.54) is 0 Å². The molecule has 0 saturated heterocycles. The van der Waals surface area contributed by atoms with Crippen LogP contribution >= 0.6 is 0 Å². The maximum Gasteiger partial charge on any atom is 0.326 e. The quantitative estimate of drug-likeness (QED) is 0.753. The summed E-state index contributed by atoms with van der Waals surface area (Å²) in [5, 5.41) is 11.2. The molecule has 1 atom stereocenters. The molecule has 0 saturated carbocycles. The van der Waals surface area contributed by atoms with Crippen molar-refractivity contribution in [1.82, 2.24) is 5.32 Å². The Hall–Kier alpha value is -2.24. The van der Waals surface area contributed by atoms with E-state index in [4.69, 9.17) is 14.6 Å². The molecule has 0 fully saturated rings. The summed E-state index contributed by atoms with van der Waals surface area (Å²) in [7, 11) is 1.58. The van der Waals surface area contributed by atoms with Crippen molar-refractivity contribution >= 4 is 11.9 Å². The normalized spacial score (nSPS) is 11.5. The zero-order valence-corrected chi connectivity index (χ0v) is 11.6. The summed E-state index contributed by atoms with van der Waals surface area (Å²) in [6.45, 7) is 1.89. The summed E-state index contributed by atoms with van der Waals surface area (Å²) < 4.78 is 10.4. The number of aliphatic carboxylic acids is 1. The van der Waals surface area contributed by atoms with Crippen LogP contribution in [-0.2, 0) is 9.59 Å². The zero-order chi connectivity index (χ0) is 15.0. The molecule has 6 nitrogen and oxygen atoms in total. The van der Waals surface area contributed by atoms with E-state index in [0.29, 0.717) is 12.2 Å². The predicted octanol–water partition coefficient (Wildman–Crippen LogP) is 1.44. The van der Waals surface area contributed by atoms with Crippen LogP contribution < -0.4 is 14.8 Å². The number of ether oxygens (including phenoxy) is 2. The Morgan fingerprint density at radius 3 is 2.35 bits per heavy atom. The van der Waals surface area contributed by atoms with E-state index in [9.17, 15) is 9.59 Å². The van der Waals surface area contributed by atoms with Gasteiger partial charge in [0.15, 0.2) is 0 Å². The van der Waals surface area contributed by atoms with Crippen LogP contribution in [0.4, 0.5) is 0 Å². The van der Waals surface area contributed by atoms with Crippen LogP contribution in [-0.4, -0.2) is 36.7 Å². The monoisotopic (exact) mass is 281 g/mol. The van der Waals surface area contributed by atoms with Crippen LogP contribution in [0, 0.1) is 0 Å². The lowest BCUT2D eigenvalue weighted by Gasteiger charge is -2.12. The molecule has 1 aromatic carbocycles. The average molecular weight is 281 g/mol. The second-order valence-electron chi connectivity index (χ2n) is 4.14. The highest BCUT2D eigenvalue weighted by atomic mass is 16.5. The minimum absolute atomic E-state index is 0.107. The van der Waals surface area contributed by atoms with Gasteiger partial charge in [-0.05, 0) is 30.7 Å². The van der Waals surface area contributed by atoms with Crippen LogP contribution in [0.25, 0.3) is 0 Å². The standard InChI is InChI=1S/C14H19NO5/c1-3-12(14(17)18)15-13(16)8-9-20-11-6-4-10(19-2)5-7-11/h4-7,12H,3,8-9H2,1-2H3,(H,15,16)(H,17,18)/t12-/m1/s1. The number of amides is 1. The molecule has 0 aromatic heterocycles. The number of carbonyl (C=O) groups is 2. The lowest BCUT2D eigenvalue weighted by Crippen LogP contribution is -2.40. The van der Waals surface area contributed by atoms with Crippen LogP contribution in [0.15, 0.2) is 24.3 Å². The van der Waals surface area contributed by atoms with Crippen molar-refractivity contribution in [2.24, 2.45) is 0 Å². The summed E-state index contributed by atoms with van der Waals surface area (Å²) in [4.78, 5) is 22.3. The van der Waals surface area contributed by atoms with Gasteiger partial charge in [0.05, 0.1) is 20.1 Å². The topological polar surface area (TPSA) is 84.9 Å². The molecule has 0 aliphatic rings. The fraction of sp³-hybridized carbons (Fsp3) is 0.429. The van der Waals surface area contributed by atoms with Crippen molar-refractivity contribution in [2.75, 3.05) is 13.7 Å². The van der Waals surface area contributed by atoms with Gasteiger partial charge in [-0.15, -0.1) is 0 Å². The number of carboxylic acids is 1. The first kappa shape index (κ1) is 15.8. The number of carboxylic acid groups (broad SMARTS) is 1. The Morgan fingerprint density at radius 1 is 1.25 bits per heavy atom. The van der Waals surface area contributed by atoms with Gasteiger partial charge in [-0.1, -0.05) is 6.92 Å². The lowest BCUT2D eigenvalue weighted by atomic mass is 10.2. The fourth-order valence-corrected chi connectivity index (χ4v) is 1.54. The molecule has 20 heavy (non-hydrogen) atoms. The highest BCUT2D eigenvalue weighted by Gasteiger charge is 2.17. The highest BCUT2D eigenvalue weighted by Crippen LogP contribution is 2.16. The molecule has 0 heterocycles. The van der Waals surface area contributed by atoms with Gasteiger partial charge in [0.1, 0.15) is 17.5 Å². The van der Waals surface area contributed by atoms with Crippen LogP contribution in [0.2, 0.25) is 0 Å². The minimum Gasteiger partial charge on any atom is -0.497 e. The minimum atomic E-state index is -1.03. The second kappa shape index (κ2) is 8.04. The Balaban J connectivity index is 2.32. The van der Waals surface area contributed by atoms with Crippen molar-refractivity contribution in [3.63, 3.8) is 0 Å². The predicted molar refractivity (Wildman–Crippen MR) is 73.0 cm³/mol. The van der Waals surface area contributed by atoms with Crippen molar-refractivity contribution in [3.05, 3.63) is 24.3 Å². The van der Waals surface area contributed by atoms with Crippen LogP contribution in [0.3, 0.4) is 0 Å². The van der Waals surface area contributed by atoms with Gasteiger partial charge in [-0.25, -0.2) is 4.79 Å². The van der Waals surface area contributed by atoms with Crippen molar-refractivity contribution in [3.8, 4) is 11.5 Å². The maximum atomic E-state index is 11.5. The summed E-state index contributed by atoms with van der Waals surface area (Å²) in [6, 6.07) is 6.15. The Labute approximate surface area is 117 Å². The molecule has 0 radical (unpaired) electrons. The first-order valence-electron chi connectivity index (χ1n) is 6.35. The smallest absolute Gasteiger partial charge is 0.326 e. The van der Waals surface area contributed by atoms with E-state index < -0.39 is 12.0 Å². The molecule has 0 aliphatic carbocycles. The number of benzene rings is 1. The zero-order valence-electron chi connectivity index (χ0n) is 11.6. The maximum absolute atomic E-state index is 11.5. The highest BCUT2D eigenvalue weighted by molar-refractivity contribution is 5.83. The largest absolute Gasteiger partial charge is 0.497 e. The van der Waals surface area contributed by atoms with Crippen molar-refractivity contribution in [1.29, 1.82) is 0 Å². The van der Waals surface area contributed by atoms with Gasteiger partial charge >= 0.3 is 5.97 Å². The van der Waals surface area contributed by atoms with E-state index in [-0.39, 0.29) is 18.9 Å². The van der Waals surface area contributed by atoms with Gasteiger partial charge in [-0.2, -0.15) is 0 Å². The Morgan fingerprint density at radius 2 is 1.85 bits per heavy atom.